The average Bonchev–Trinajstić information content (AvgIpc) is 2.60. The molecule has 2 rings (SSSR count). The first-order valence-corrected chi connectivity index (χ1v) is 9.75. The van der Waals surface area contributed by atoms with Crippen molar-refractivity contribution in [1.82, 2.24) is 4.90 Å². The van der Waals surface area contributed by atoms with Crippen LogP contribution in [0.25, 0.3) is 0 Å². The Balaban J connectivity index is 1.77. The molecule has 0 bridgehead atoms. The molecule has 0 aromatic heterocycles. The predicted octanol–water partition coefficient (Wildman–Crippen LogP) is 3.94. The van der Waals surface area contributed by atoms with E-state index in [1.807, 2.05) is 32.0 Å². The summed E-state index contributed by atoms with van der Waals surface area (Å²) in [5, 5.41) is 2.88. The summed E-state index contributed by atoms with van der Waals surface area (Å²) in [4.78, 5) is 25.9. The number of nitrogens with one attached hydrogen (secondary N) is 1. The van der Waals surface area contributed by atoms with Crippen molar-refractivity contribution in [3.05, 3.63) is 64.7 Å². The number of hydrogen-bond acceptors (Lipinski definition) is 3. The van der Waals surface area contributed by atoms with E-state index in [-0.39, 0.29) is 18.4 Å². The lowest BCUT2D eigenvalue weighted by Gasteiger charge is -2.17. The van der Waals surface area contributed by atoms with Crippen molar-refractivity contribution < 1.29 is 9.59 Å². The van der Waals surface area contributed by atoms with Crippen molar-refractivity contribution in [2.75, 3.05) is 24.7 Å². The molecule has 0 aliphatic rings. The number of carbonyl (C=O) groups is 2. The van der Waals surface area contributed by atoms with Gasteiger partial charge in [-0.25, -0.2) is 0 Å². The van der Waals surface area contributed by atoms with E-state index in [0.29, 0.717) is 5.75 Å². The fourth-order valence-electron chi connectivity index (χ4n) is 2.43. The van der Waals surface area contributed by atoms with Crippen molar-refractivity contribution in [1.29, 1.82) is 0 Å². The van der Waals surface area contributed by atoms with Crippen LogP contribution >= 0.6 is 11.8 Å². The molecule has 1 N–H and O–H groups in total. The SMILES string of the molecule is Cc1ccc(CSCC(=O)N(C)CC(=O)Nc2cccc(C)c2C)cc1. The van der Waals surface area contributed by atoms with Crippen LogP contribution in [0.1, 0.15) is 22.3 Å². The maximum absolute atomic E-state index is 12.2. The van der Waals surface area contributed by atoms with Gasteiger partial charge >= 0.3 is 0 Å². The van der Waals surface area contributed by atoms with Gasteiger partial charge in [-0.1, -0.05) is 42.0 Å². The molecule has 0 saturated heterocycles. The van der Waals surface area contributed by atoms with Crippen LogP contribution in [-0.4, -0.2) is 36.1 Å². The molecule has 4 nitrogen and oxygen atoms in total. The minimum Gasteiger partial charge on any atom is -0.336 e. The molecule has 2 amide bonds. The third-order valence-electron chi connectivity index (χ3n) is 4.30. The van der Waals surface area contributed by atoms with Crippen molar-refractivity contribution in [3.63, 3.8) is 0 Å². The van der Waals surface area contributed by atoms with E-state index < -0.39 is 0 Å². The number of aryl methyl sites for hydroxylation is 2. The average molecular weight is 371 g/mol. The summed E-state index contributed by atoms with van der Waals surface area (Å²) in [5.74, 6) is 0.923. The second-order valence-electron chi connectivity index (χ2n) is 6.52. The van der Waals surface area contributed by atoms with Gasteiger partial charge in [-0.15, -0.1) is 11.8 Å². The van der Waals surface area contributed by atoms with E-state index in [1.165, 1.54) is 16.0 Å². The van der Waals surface area contributed by atoms with Crippen LogP contribution in [-0.2, 0) is 15.3 Å². The Kier molecular flexibility index (Phi) is 7.27. The van der Waals surface area contributed by atoms with Crippen molar-refractivity contribution in [3.8, 4) is 0 Å². The van der Waals surface area contributed by atoms with Gasteiger partial charge in [0.25, 0.3) is 0 Å². The maximum atomic E-state index is 12.2. The number of carbonyl (C=O) groups excluding carboxylic acids is 2. The van der Waals surface area contributed by atoms with Crippen LogP contribution in [0.4, 0.5) is 5.69 Å². The number of nitrogens with zero attached hydrogens (tertiary/aromatic N) is 1. The van der Waals surface area contributed by atoms with Crippen molar-refractivity contribution >= 4 is 29.3 Å². The smallest absolute Gasteiger partial charge is 0.243 e. The molecule has 0 heterocycles. The lowest BCUT2D eigenvalue weighted by Crippen LogP contribution is -2.36. The summed E-state index contributed by atoms with van der Waals surface area (Å²) in [6.07, 6.45) is 0. The normalized spacial score (nSPS) is 10.5. The first-order valence-electron chi connectivity index (χ1n) is 8.60. The third-order valence-corrected chi connectivity index (χ3v) is 5.29. The van der Waals surface area contributed by atoms with Crippen molar-refractivity contribution in [2.45, 2.75) is 26.5 Å². The Morgan fingerprint density at radius 2 is 1.73 bits per heavy atom. The number of thioether (sulfide) groups is 1. The van der Waals surface area contributed by atoms with Crippen LogP contribution in [0.2, 0.25) is 0 Å². The second-order valence-corrected chi connectivity index (χ2v) is 7.51. The summed E-state index contributed by atoms with van der Waals surface area (Å²) in [7, 11) is 1.66. The monoisotopic (exact) mass is 370 g/mol. The molecule has 0 saturated carbocycles. The molecule has 0 aliphatic heterocycles. The van der Waals surface area contributed by atoms with Gasteiger partial charge in [-0.2, -0.15) is 0 Å². The van der Waals surface area contributed by atoms with E-state index in [1.54, 1.807) is 18.8 Å². The van der Waals surface area contributed by atoms with E-state index in [9.17, 15) is 9.59 Å². The number of rotatable bonds is 7. The number of benzene rings is 2. The Bertz CT molecular complexity index is 772. The van der Waals surface area contributed by atoms with Gasteiger partial charge in [0.05, 0.1) is 12.3 Å². The molecule has 0 fully saturated rings. The molecule has 0 radical (unpaired) electrons. The molecular weight excluding hydrogens is 344 g/mol. The molecule has 0 atom stereocenters. The Hall–Kier alpha value is -2.27. The summed E-state index contributed by atoms with van der Waals surface area (Å²) < 4.78 is 0. The van der Waals surface area contributed by atoms with Crippen LogP contribution in [0.15, 0.2) is 42.5 Å². The lowest BCUT2D eigenvalue weighted by atomic mass is 10.1. The summed E-state index contributed by atoms with van der Waals surface area (Å²) in [6, 6.07) is 14.1. The number of hydrogen-bond donors (Lipinski definition) is 1. The van der Waals surface area contributed by atoms with Gasteiger partial charge in [-0.3, -0.25) is 9.59 Å². The maximum Gasteiger partial charge on any atom is 0.243 e. The highest BCUT2D eigenvalue weighted by molar-refractivity contribution is 7.99. The standard InChI is InChI=1S/C21H26N2O2S/c1-15-8-10-18(11-9-15)13-26-14-21(25)23(4)12-20(24)22-19-7-5-6-16(2)17(19)3/h5-11H,12-14H2,1-4H3,(H,22,24). The Morgan fingerprint density at radius 1 is 1.04 bits per heavy atom. The first kappa shape index (κ1) is 20.0. The molecule has 2 aromatic rings. The zero-order valence-electron chi connectivity index (χ0n) is 15.8. The van der Waals surface area contributed by atoms with E-state index in [4.69, 9.17) is 0 Å². The van der Waals surface area contributed by atoms with Gasteiger partial charge in [0, 0.05) is 18.5 Å². The zero-order chi connectivity index (χ0) is 19.1. The minimum absolute atomic E-state index is 0.0433. The molecule has 2 aromatic carbocycles. The number of likely N-dealkylation sites (N-methyl/N-ethyl adjacent to an activating group) is 1. The molecule has 138 valence electrons. The Labute approximate surface area is 160 Å². The molecule has 0 spiro atoms. The van der Waals surface area contributed by atoms with E-state index in [2.05, 4.69) is 36.5 Å². The first-order chi connectivity index (χ1) is 12.4. The fraction of sp³-hybridized carbons (Fsp3) is 0.333. The van der Waals surface area contributed by atoms with Gasteiger partial charge < -0.3 is 10.2 Å². The highest BCUT2D eigenvalue weighted by Crippen LogP contribution is 2.18. The van der Waals surface area contributed by atoms with Crippen LogP contribution in [0.5, 0.6) is 0 Å². The third kappa shape index (κ3) is 5.92. The highest BCUT2D eigenvalue weighted by atomic mass is 32.2. The van der Waals surface area contributed by atoms with Gasteiger partial charge in [0.2, 0.25) is 11.8 Å². The quantitative estimate of drug-likeness (QED) is 0.803. The summed E-state index contributed by atoms with van der Waals surface area (Å²) in [5.41, 5.74) is 5.39. The van der Waals surface area contributed by atoms with Crippen LogP contribution in [0, 0.1) is 20.8 Å². The highest BCUT2D eigenvalue weighted by Gasteiger charge is 2.14. The van der Waals surface area contributed by atoms with E-state index >= 15 is 0 Å². The topological polar surface area (TPSA) is 49.4 Å². The molecule has 26 heavy (non-hydrogen) atoms. The molecule has 5 heteroatoms. The number of anilines is 1. The van der Waals surface area contributed by atoms with Gasteiger partial charge in [0.15, 0.2) is 0 Å². The van der Waals surface area contributed by atoms with Gasteiger partial charge in [0.1, 0.15) is 0 Å². The molecule has 0 unspecified atom stereocenters. The second kappa shape index (κ2) is 9.43. The summed E-state index contributed by atoms with van der Waals surface area (Å²) >= 11 is 1.56. The Morgan fingerprint density at radius 3 is 2.42 bits per heavy atom. The van der Waals surface area contributed by atoms with Crippen LogP contribution in [0.3, 0.4) is 0 Å². The van der Waals surface area contributed by atoms with Crippen molar-refractivity contribution in [2.24, 2.45) is 0 Å². The minimum atomic E-state index is -0.182. The van der Waals surface area contributed by atoms with Crippen LogP contribution < -0.4 is 5.32 Å². The molecular formula is C21H26N2O2S. The van der Waals surface area contributed by atoms with Gasteiger partial charge in [-0.05, 0) is 43.5 Å². The predicted molar refractivity (Wildman–Crippen MR) is 110 cm³/mol. The number of amides is 2. The lowest BCUT2D eigenvalue weighted by molar-refractivity contribution is -0.131. The fourth-order valence-corrected chi connectivity index (χ4v) is 3.36. The molecule has 0 aliphatic carbocycles. The zero-order valence-corrected chi connectivity index (χ0v) is 16.7. The van der Waals surface area contributed by atoms with E-state index in [0.717, 1.165) is 22.6 Å². The summed E-state index contributed by atoms with van der Waals surface area (Å²) in [6.45, 7) is 6.09. The largest absolute Gasteiger partial charge is 0.336 e.